The molecular weight excluding hydrogens is 286 g/mol. The van der Waals surface area contributed by atoms with E-state index in [1.807, 2.05) is 60.7 Å². The van der Waals surface area contributed by atoms with Gasteiger partial charge in [0.2, 0.25) is 0 Å². The highest BCUT2D eigenvalue weighted by Crippen LogP contribution is 2.20. The Balaban J connectivity index is 1.90. The van der Waals surface area contributed by atoms with Crippen LogP contribution in [0.5, 0.6) is 5.75 Å². The third-order valence-electron chi connectivity index (χ3n) is 3.44. The summed E-state index contributed by atoms with van der Waals surface area (Å²) in [6.45, 7) is 0. The number of aromatic nitrogens is 2. The number of ether oxygens (including phenoxy) is 1. The second kappa shape index (κ2) is 6.63. The monoisotopic (exact) mass is 301 g/mol. The minimum Gasteiger partial charge on any atom is -0.496 e. The fraction of sp³-hybridized carbons (Fsp3) is 0.0526. The summed E-state index contributed by atoms with van der Waals surface area (Å²) < 4.78 is 5.30. The van der Waals surface area contributed by atoms with Crippen molar-refractivity contribution in [3.05, 3.63) is 72.1 Å². The van der Waals surface area contributed by atoms with E-state index in [9.17, 15) is 5.26 Å². The Hall–Kier alpha value is -3.32. The summed E-state index contributed by atoms with van der Waals surface area (Å²) >= 11 is 0. The number of nitrogens with one attached hydrogen (secondary N) is 1. The topological polar surface area (TPSA) is 61.7 Å². The van der Waals surface area contributed by atoms with Gasteiger partial charge < -0.3 is 9.72 Å². The normalized spacial score (nSPS) is 11.7. The van der Waals surface area contributed by atoms with Crippen molar-refractivity contribution < 1.29 is 4.74 Å². The standard InChI is InChI=1S/C19H15N3O/c1-23-18-12-5-2-7-14(18)8-6-9-15(13-20)19-21-16-10-3-4-11-17(16)22-19/h2-12H,1H3,(H,21,22). The molecule has 0 saturated carbocycles. The zero-order valence-corrected chi connectivity index (χ0v) is 12.7. The van der Waals surface area contributed by atoms with Crippen LogP contribution in [-0.4, -0.2) is 17.1 Å². The van der Waals surface area contributed by atoms with Crippen molar-refractivity contribution in [3.8, 4) is 11.8 Å². The van der Waals surface area contributed by atoms with E-state index in [2.05, 4.69) is 16.0 Å². The molecule has 112 valence electrons. The molecule has 2 aromatic carbocycles. The van der Waals surface area contributed by atoms with Crippen molar-refractivity contribution in [3.63, 3.8) is 0 Å². The fourth-order valence-electron chi connectivity index (χ4n) is 2.30. The molecule has 0 saturated heterocycles. The first-order valence-electron chi connectivity index (χ1n) is 7.18. The zero-order valence-electron chi connectivity index (χ0n) is 12.7. The number of aromatic amines is 1. The number of allylic oxidation sites excluding steroid dienone is 3. The maximum atomic E-state index is 9.37. The lowest BCUT2D eigenvalue weighted by molar-refractivity contribution is 0.414. The molecule has 0 fully saturated rings. The molecular formula is C19H15N3O. The minimum absolute atomic E-state index is 0.479. The lowest BCUT2D eigenvalue weighted by atomic mass is 10.1. The van der Waals surface area contributed by atoms with E-state index >= 15 is 0 Å². The molecule has 1 N–H and O–H groups in total. The van der Waals surface area contributed by atoms with E-state index < -0.39 is 0 Å². The van der Waals surface area contributed by atoms with Crippen molar-refractivity contribution in [2.45, 2.75) is 0 Å². The first-order valence-corrected chi connectivity index (χ1v) is 7.18. The van der Waals surface area contributed by atoms with E-state index in [-0.39, 0.29) is 0 Å². The van der Waals surface area contributed by atoms with Crippen molar-refractivity contribution in [1.82, 2.24) is 9.97 Å². The summed E-state index contributed by atoms with van der Waals surface area (Å²) in [7, 11) is 1.64. The van der Waals surface area contributed by atoms with Gasteiger partial charge in [0.05, 0.1) is 23.7 Å². The van der Waals surface area contributed by atoms with Gasteiger partial charge in [0, 0.05) is 5.56 Å². The third kappa shape index (κ3) is 3.14. The lowest BCUT2D eigenvalue weighted by Crippen LogP contribution is -1.85. The van der Waals surface area contributed by atoms with Crippen LogP contribution in [0.4, 0.5) is 0 Å². The highest BCUT2D eigenvalue weighted by atomic mass is 16.5. The van der Waals surface area contributed by atoms with Crippen molar-refractivity contribution >= 4 is 22.7 Å². The summed E-state index contributed by atoms with van der Waals surface area (Å²) in [6.07, 6.45) is 5.46. The van der Waals surface area contributed by atoms with Crippen LogP contribution in [0.15, 0.2) is 60.7 Å². The van der Waals surface area contributed by atoms with Crippen LogP contribution in [0, 0.1) is 11.3 Å². The Labute approximate surface area is 134 Å². The van der Waals surface area contributed by atoms with Gasteiger partial charge in [0.15, 0.2) is 0 Å². The number of H-pyrrole nitrogens is 1. The van der Waals surface area contributed by atoms with Crippen LogP contribution in [0.1, 0.15) is 11.4 Å². The molecule has 0 aliphatic rings. The third-order valence-corrected chi connectivity index (χ3v) is 3.44. The molecule has 4 heteroatoms. The fourth-order valence-corrected chi connectivity index (χ4v) is 2.30. The molecule has 0 atom stereocenters. The summed E-state index contributed by atoms with van der Waals surface area (Å²) in [6, 6.07) is 17.6. The molecule has 0 amide bonds. The Morgan fingerprint density at radius 1 is 1.17 bits per heavy atom. The number of nitriles is 1. The van der Waals surface area contributed by atoms with Gasteiger partial charge in [-0.05, 0) is 24.3 Å². The van der Waals surface area contributed by atoms with Crippen LogP contribution in [0.3, 0.4) is 0 Å². The van der Waals surface area contributed by atoms with Crippen LogP contribution in [0.2, 0.25) is 0 Å². The average molecular weight is 301 g/mol. The van der Waals surface area contributed by atoms with E-state index in [1.54, 1.807) is 13.2 Å². The molecule has 1 heterocycles. The van der Waals surface area contributed by atoms with Crippen molar-refractivity contribution in [1.29, 1.82) is 5.26 Å². The summed E-state index contributed by atoms with van der Waals surface area (Å²) in [5, 5.41) is 9.37. The maximum Gasteiger partial charge on any atom is 0.149 e. The smallest absolute Gasteiger partial charge is 0.149 e. The molecule has 0 aliphatic heterocycles. The molecule has 3 rings (SSSR count). The van der Waals surface area contributed by atoms with Gasteiger partial charge in [-0.3, -0.25) is 0 Å². The lowest BCUT2D eigenvalue weighted by Gasteiger charge is -2.02. The number of para-hydroxylation sites is 3. The molecule has 0 aliphatic carbocycles. The van der Waals surface area contributed by atoms with E-state index in [1.165, 1.54) is 0 Å². The Bertz CT molecular complexity index is 896. The van der Waals surface area contributed by atoms with Crippen molar-refractivity contribution in [2.24, 2.45) is 0 Å². The number of rotatable bonds is 4. The van der Waals surface area contributed by atoms with E-state index in [0.717, 1.165) is 22.3 Å². The van der Waals surface area contributed by atoms with Crippen molar-refractivity contribution in [2.75, 3.05) is 7.11 Å². The molecule has 0 radical (unpaired) electrons. The van der Waals surface area contributed by atoms with Crippen LogP contribution >= 0.6 is 0 Å². The number of benzene rings is 2. The largest absolute Gasteiger partial charge is 0.496 e. The van der Waals surface area contributed by atoms with E-state index in [4.69, 9.17) is 4.74 Å². The van der Waals surface area contributed by atoms with Crippen LogP contribution < -0.4 is 4.74 Å². The van der Waals surface area contributed by atoms with Gasteiger partial charge in [0.1, 0.15) is 17.6 Å². The van der Waals surface area contributed by atoms with Gasteiger partial charge in [-0.15, -0.1) is 0 Å². The number of hydrogen-bond acceptors (Lipinski definition) is 3. The molecule has 4 nitrogen and oxygen atoms in total. The van der Waals surface area contributed by atoms with Gasteiger partial charge >= 0.3 is 0 Å². The van der Waals surface area contributed by atoms with E-state index in [0.29, 0.717) is 11.4 Å². The van der Waals surface area contributed by atoms with Gasteiger partial charge in [0.25, 0.3) is 0 Å². The highest BCUT2D eigenvalue weighted by molar-refractivity contribution is 5.83. The Kier molecular flexibility index (Phi) is 4.21. The van der Waals surface area contributed by atoms with Gasteiger partial charge in [-0.25, -0.2) is 4.98 Å². The van der Waals surface area contributed by atoms with Gasteiger partial charge in [-0.2, -0.15) is 5.26 Å². The number of hydrogen-bond donors (Lipinski definition) is 1. The van der Waals surface area contributed by atoms with Crippen LogP contribution in [-0.2, 0) is 0 Å². The molecule has 1 aromatic heterocycles. The average Bonchev–Trinajstić information content (AvgIpc) is 3.03. The number of methoxy groups -OCH3 is 1. The summed E-state index contributed by atoms with van der Waals surface area (Å²) in [4.78, 5) is 7.60. The summed E-state index contributed by atoms with van der Waals surface area (Å²) in [5.74, 6) is 1.36. The number of nitrogens with zero attached hydrogens (tertiary/aromatic N) is 2. The minimum atomic E-state index is 0.479. The van der Waals surface area contributed by atoms with Gasteiger partial charge in [-0.1, -0.05) is 42.5 Å². The first-order chi connectivity index (χ1) is 11.3. The summed E-state index contributed by atoms with van der Waals surface area (Å²) in [5.41, 5.74) is 3.19. The molecule has 0 unspecified atom stereocenters. The number of fused-ring (bicyclic) bond motifs is 1. The zero-order chi connectivity index (χ0) is 16.1. The highest BCUT2D eigenvalue weighted by Gasteiger charge is 2.06. The molecule has 23 heavy (non-hydrogen) atoms. The SMILES string of the molecule is COc1ccccc1C=CC=C(C#N)c1nc2ccccc2[nH]1. The predicted octanol–water partition coefficient (Wildman–Crippen LogP) is 4.19. The molecule has 3 aromatic rings. The predicted molar refractivity (Wildman–Crippen MR) is 91.7 cm³/mol. The van der Waals surface area contributed by atoms with Crippen LogP contribution in [0.25, 0.3) is 22.7 Å². The second-order valence-corrected chi connectivity index (χ2v) is 4.90. The molecule has 0 spiro atoms. The molecule has 0 bridgehead atoms. The quantitative estimate of drug-likeness (QED) is 0.580. The first kappa shape index (κ1) is 14.6. The Morgan fingerprint density at radius 3 is 2.74 bits per heavy atom. The second-order valence-electron chi connectivity index (χ2n) is 4.90. The maximum absolute atomic E-state index is 9.37. The Morgan fingerprint density at radius 2 is 1.96 bits per heavy atom. The number of imidazole rings is 1.